The van der Waals surface area contributed by atoms with Gasteiger partial charge in [-0.3, -0.25) is 9.69 Å². The van der Waals surface area contributed by atoms with Gasteiger partial charge in [-0.1, -0.05) is 55.0 Å². The van der Waals surface area contributed by atoms with Gasteiger partial charge in [0.1, 0.15) is 6.04 Å². The summed E-state index contributed by atoms with van der Waals surface area (Å²) >= 11 is 0. The van der Waals surface area contributed by atoms with Gasteiger partial charge in [-0.05, 0) is 60.4 Å². The number of hydrogen-bond donors (Lipinski definition) is 2. The number of carbonyl (C=O) groups is 1. The molecule has 3 unspecified atom stereocenters. The molecule has 2 saturated carbocycles. The number of fused-ring (bicyclic) bond motifs is 2. The molecule has 0 spiro atoms. The minimum atomic E-state index is -0.793. The summed E-state index contributed by atoms with van der Waals surface area (Å²) in [5.41, 5.74) is 10.4. The second-order valence-electron chi connectivity index (χ2n) is 11.0. The Morgan fingerprint density at radius 2 is 1.69 bits per heavy atom. The molecule has 5 rings (SSSR count). The molecule has 3 N–H and O–H groups in total. The molecule has 1 amide bonds. The van der Waals surface area contributed by atoms with Crippen LogP contribution in [0.2, 0.25) is 0 Å². The second-order valence-corrected chi connectivity index (χ2v) is 11.0. The fraction of sp³-hybridized carbons (Fsp3) is 0.517. The van der Waals surface area contributed by atoms with Crippen LogP contribution in [0.25, 0.3) is 11.1 Å². The number of nitrogens with one attached hydrogen (secondary N) is 1. The van der Waals surface area contributed by atoms with Crippen molar-refractivity contribution in [3.63, 3.8) is 0 Å². The van der Waals surface area contributed by atoms with Crippen molar-refractivity contribution in [1.29, 1.82) is 5.26 Å². The molecule has 3 fully saturated rings. The zero-order valence-electron chi connectivity index (χ0n) is 20.7. The average molecular weight is 472 g/mol. The van der Waals surface area contributed by atoms with E-state index in [0.29, 0.717) is 12.3 Å². The first-order chi connectivity index (χ1) is 16.9. The summed E-state index contributed by atoms with van der Waals surface area (Å²) in [7, 11) is 2.18. The zero-order chi connectivity index (χ0) is 24.4. The fourth-order valence-electron chi connectivity index (χ4n) is 6.21. The van der Waals surface area contributed by atoms with Gasteiger partial charge < -0.3 is 16.0 Å². The third-order valence-corrected chi connectivity index (χ3v) is 8.46. The Morgan fingerprint density at radius 3 is 2.23 bits per heavy atom. The number of nitrogens with zero attached hydrogens (tertiary/aromatic N) is 3. The highest BCUT2D eigenvalue weighted by Gasteiger charge is 2.53. The van der Waals surface area contributed by atoms with Crippen LogP contribution in [0.1, 0.15) is 36.8 Å². The van der Waals surface area contributed by atoms with Gasteiger partial charge in [-0.25, -0.2) is 0 Å². The smallest absolute Gasteiger partial charge is 0.241 e. The summed E-state index contributed by atoms with van der Waals surface area (Å²) in [5, 5.41) is 12.6. The predicted octanol–water partition coefficient (Wildman–Crippen LogP) is 3.17. The molecule has 4 atom stereocenters. The molecule has 35 heavy (non-hydrogen) atoms. The molecule has 2 aromatic rings. The van der Waals surface area contributed by atoms with Crippen molar-refractivity contribution in [1.82, 2.24) is 15.1 Å². The first-order valence-corrected chi connectivity index (χ1v) is 13.0. The summed E-state index contributed by atoms with van der Waals surface area (Å²) in [4.78, 5) is 17.8. The number of carbonyl (C=O) groups excluding carboxylic acids is 1. The highest BCUT2D eigenvalue weighted by atomic mass is 16.2. The third kappa shape index (κ3) is 5.28. The molecule has 2 aromatic carbocycles. The highest BCUT2D eigenvalue weighted by molar-refractivity contribution is 5.87. The molecule has 1 saturated heterocycles. The second kappa shape index (κ2) is 10.1. The maximum absolute atomic E-state index is 12.9. The quantitative estimate of drug-likeness (QED) is 0.648. The van der Waals surface area contributed by atoms with Gasteiger partial charge in [-0.15, -0.1) is 0 Å². The lowest BCUT2D eigenvalue weighted by atomic mass is 9.81. The summed E-state index contributed by atoms with van der Waals surface area (Å²) in [5.74, 6) is 0.688. The summed E-state index contributed by atoms with van der Waals surface area (Å²) in [6.45, 7) is 5.51. The molecule has 2 aliphatic carbocycles. The van der Waals surface area contributed by atoms with E-state index in [1.165, 1.54) is 17.5 Å². The van der Waals surface area contributed by atoms with E-state index >= 15 is 0 Å². The lowest BCUT2D eigenvalue weighted by Gasteiger charge is -2.33. The van der Waals surface area contributed by atoms with Crippen LogP contribution in [-0.2, 0) is 17.8 Å². The van der Waals surface area contributed by atoms with Crippen LogP contribution >= 0.6 is 0 Å². The monoisotopic (exact) mass is 471 g/mol. The van der Waals surface area contributed by atoms with Crippen molar-refractivity contribution in [2.24, 2.45) is 17.6 Å². The van der Waals surface area contributed by atoms with Crippen LogP contribution in [0.5, 0.6) is 0 Å². The lowest BCUT2D eigenvalue weighted by Crippen LogP contribution is -2.59. The van der Waals surface area contributed by atoms with E-state index in [0.717, 1.165) is 63.1 Å². The number of likely N-dealkylation sites (N-methyl/N-ethyl adjacent to an activating group) is 1. The van der Waals surface area contributed by atoms with Crippen molar-refractivity contribution in [3.05, 3.63) is 59.7 Å². The van der Waals surface area contributed by atoms with Gasteiger partial charge in [-0.2, -0.15) is 5.26 Å². The van der Waals surface area contributed by atoms with Crippen molar-refractivity contribution >= 4 is 5.91 Å². The first kappa shape index (κ1) is 24.0. The fourth-order valence-corrected chi connectivity index (χ4v) is 6.21. The van der Waals surface area contributed by atoms with E-state index in [9.17, 15) is 10.1 Å². The van der Waals surface area contributed by atoms with E-state index in [1.807, 2.05) is 0 Å². The first-order valence-electron chi connectivity index (χ1n) is 13.0. The van der Waals surface area contributed by atoms with Crippen LogP contribution in [0.3, 0.4) is 0 Å². The van der Waals surface area contributed by atoms with E-state index in [4.69, 9.17) is 5.73 Å². The van der Waals surface area contributed by atoms with Crippen molar-refractivity contribution < 1.29 is 4.79 Å². The topological polar surface area (TPSA) is 85.4 Å². The largest absolute Gasteiger partial charge is 0.338 e. The van der Waals surface area contributed by atoms with Crippen LogP contribution < -0.4 is 11.1 Å². The molecule has 1 heterocycles. The number of amides is 1. The molecular weight excluding hydrogens is 434 g/mol. The predicted molar refractivity (Wildman–Crippen MR) is 138 cm³/mol. The Morgan fingerprint density at radius 1 is 1.06 bits per heavy atom. The number of benzene rings is 2. The zero-order valence-corrected chi connectivity index (χ0v) is 20.7. The Bertz CT molecular complexity index is 1070. The molecule has 6 heteroatoms. The third-order valence-electron chi connectivity index (χ3n) is 8.46. The van der Waals surface area contributed by atoms with E-state index in [2.05, 4.69) is 76.8 Å². The van der Waals surface area contributed by atoms with E-state index in [1.54, 1.807) is 0 Å². The Balaban J connectivity index is 1.16. The SMILES string of the molecule is CN1CCN(Cc2ccc(-c3ccc(CC(C#N)NC(=O)C4(N)CC5CC[C@H]4C5)cc3)cc2)CC1. The van der Waals surface area contributed by atoms with E-state index < -0.39 is 11.6 Å². The molecule has 6 nitrogen and oxygen atoms in total. The van der Waals surface area contributed by atoms with Crippen molar-refractivity contribution in [2.45, 2.75) is 50.2 Å². The minimum Gasteiger partial charge on any atom is -0.338 e. The molecule has 184 valence electrons. The number of nitrogens with two attached hydrogens (primary N) is 1. The van der Waals surface area contributed by atoms with Gasteiger partial charge in [0.15, 0.2) is 0 Å². The standard InChI is InChI=1S/C29H37N5O/c1-33-12-14-34(15-13-33)20-22-4-9-25(10-5-22)24-7-2-21(3-8-24)17-27(19-30)32-28(35)29(31)18-23-6-11-26(29)16-23/h2-5,7-10,23,26-27H,6,11-18,20,31H2,1H3,(H,32,35)/t23?,26-,27?,29?/m0/s1. The molecule has 0 aromatic heterocycles. The van der Waals surface area contributed by atoms with Gasteiger partial charge in [0.05, 0.1) is 11.6 Å². The van der Waals surface area contributed by atoms with Crippen LogP contribution in [0.15, 0.2) is 48.5 Å². The lowest BCUT2D eigenvalue weighted by molar-refractivity contribution is -0.128. The number of hydrogen-bond acceptors (Lipinski definition) is 5. The van der Waals surface area contributed by atoms with E-state index in [-0.39, 0.29) is 11.8 Å². The normalized spacial score (nSPS) is 27.5. The van der Waals surface area contributed by atoms with Gasteiger partial charge in [0.2, 0.25) is 5.91 Å². The molecule has 2 bridgehead atoms. The molecule has 3 aliphatic rings. The summed E-state index contributed by atoms with van der Waals surface area (Å²) < 4.78 is 0. The summed E-state index contributed by atoms with van der Waals surface area (Å²) in [6, 6.07) is 18.8. The molecular formula is C29H37N5O. The van der Waals surface area contributed by atoms with Gasteiger partial charge in [0, 0.05) is 39.1 Å². The highest BCUT2D eigenvalue weighted by Crippen LogP contribution is 2.49. The maximum atomic E-state index is 12.9. The van der Waals surface area contributed by atoms with Crippen molar-refractivity contribution in [2.75, 3.05) is 33.2 Å². The average Bonchev–Trinajstić information content (AvgIpc) is 3.47. The molecule has 1 aliphatic heterocycles. The van der Waals surface area contributed by atoms with Crippen LogP contribution in [-0.4, -0.2) is 60.5 Å². The van der Waals surface area contributed by atoms with Gasteiger partial charge in [0.25, 0.3) is 0 Å². The Kier molecular flexibility index (Phi) is 6.93. The summed E-state index contributed by atoms with van der Waals surface area (Å²) in [6.07, 6.45) is 4.51. The number of nitriles is 1. The maximum Gasteiger partial charge on any atom is 0.241 e. The van der Waals surface area contributed by atoms with Crippen LogP contribution in [0.4, 0.5) is 0 Å². The molecule has 0 radical (unpaired) electrons. The van der Waals surface area contributed by atoms with Crippen LogP contribution in [0, 0.1) is 23.2 Å². The van der Waals surface area contributed by atoms with Gasteiger partial charge >= 0.3 is 0 Å². The minimum absolute atomic E-state index is 0.149. The van der Waals surface area contributed by atoms with Crippen molar-refractivity contribution in [3.8, 4) is 17.2 Å². The Labute approximate surface area is 209 Å². The Hall–Kier alpha value is -2.72. The number of piperazine rings is 1. The number of rotatable bonds is 7.